The van der Waals surface area contributed by atoms with Gasteiger partial charge in [0.05, 0.1) is 17.6 Å². The molecule has 0 spiro atoms. The molecule has 2 heterocycles. The Kier molecular flexibility index (Phi) is 6.40. The van der Waals surface area contributed by atoms with Gasteiger partial charge in [0, 0.05) is 26.2 Å². The van der Waals surface area contributed by atoms with Crippen LogP contribution in [0.5, 0.6) is 0 Å². The minimum absolute atomic E-state index is 0.0920. The highest BCUT2D eigenvalue weighted by atomic mass is 32.2. The molecule has 162 valence electrons. The first-order chi connectivity index (χ1) is 14.9. The number of hydrogen-bond donors (Lipinski definition) is 1. The highest BCUT2D eigenvalue weighted by Crippen LogP contribution is 2.23. The normalized spacial score (nSPS) is 15.2. The number of aromatic amines is 1. The van der Waals surface area contributed by atoms with E-state index in [1.165, 1.54) is 34.3 Å². The zero-order valence-corrected chi connectivity index (χ0v) is 18.2. The van der Waals surface area contributed by atoms with E-state index >= 15 is 0 Å². The molecule has 31 heavy (non-hydrogen) atoms. The van der Waals surface area contributed by atoms with E-state index in [0.717, 1.165) is 17.3 Å². The molecule has 4 rings (SSSR count). The summed E-state index contributed by atoms with van der Waals surface area (Å²) >= 11 is 1.30. The van der Waals surface area contributed by atoms with Crippen LogP contribution in [0.25, 0.3) is 11.3 Å². The Morgan fingerprint density at radius 1 is 1.03 bits per heavy atom. The van der Waals surface area contributed by atoms with Crippen LogP contribution >= 0.6 is 11.8 Å². The lowest BCUT2D eigenvalue weighted by molar-refractivity contribution is -0.129. The summed E-state index contributed by atoms with van der Waals surface area (Å²) < 4.78 is 40.5. The van der Waals surface area contributed by atoms with Gasteiger partial charge >= 0.3 is 0 Å². The fraction of sp³-hybridized carbons (Fsp3) is 0.238. The van der Waals surface area contributed by atoms with E-state index in [0.29, 0.717) is 5.16 Å². The summed E-state index contributed by atoms with van der Waals surface area (Å²) in [5.74, 6) is -0.668. The molecule has 1 amide bonds. The smallest absolute Gasteiger partial charge is 0.246 e. The molecule has 1 saturated heterocycles. The minimum atomic E-state index is -3.92. The molecule has 0 unspecified atom stereocenters. The summed E-state index contributed by atoms with van der Waals surface area (Å²) in [6.07, 6.45) is 1.73. The molecule has 0 aliphatic carbocycles. The summed E-state index contributed by atoms with van der Waals surface area (Å²) in [5, 5.41) is 0.646. The van der Waals surface area contributed by atoms with Gasteiger partial charge in [-0.25, -0.2) is 17.8 Å². The van der Waals surface area contributed by atoms with Crippen molar-refractivity contribution in [2.75, 3.05) is 31.9 Å². The molecule has 1 N–H and O–H groups in total. The Morgan fingerprint density at radius 3 is 2.42 bits per heavy atom. The van der Waals surface area contributed by atoms with E-state index in [2.05, 4.69) is 9.97 Å². The molecule has 3 aromatic rings. The number of sulfonamides is 1. The molecular weight excluding hydrogens is 439 g/mol. The fourth-order valence-electron chi connectivity index (χ4n) is 3.33. The number of carbonyl (C=O) groups excluding carboxylic acids is 1. The quantitative estimate of drug-likeness (QED) is 0.572. The van der Waals surface area contributed by atoms with Crippen molar-refractivity contribution in [3.63, 3.8) is 0 Å². The van der Waals surface area contributed by atoms with E-state index in [1.54, 1.807) is 11.1 Å². The van der Waals surface area contributed by atoms with Gasteiger partial charge in [-0.3, -0.25) is 4.79 Å². The number of H-pyrrole nitrogens is 1. The Bertz CT molecular complexity index is 1160. The number of benzene rings is 2. The largest absolute Gasteiger partial charge is 0.339 e. The third-order valence-corrected chi connectivity index (χ3v) is 7.82. The highest BCUT2D eigenvalue weighted by Gasteiger charge is 2.31. The van der Waals surface area contributed by atoms with Crippen LogP contribution in [-0.4, -0.2) is 65.4 Å². The molecule has 0 atom stereocenters. The van der Waals surface area contributed by atoms with Gasteiger partial charge in [-0.2, -0.15) is 4.31 Å². The van der Waals surface area contributed by atoms with E-state index in [4.69, 9.17) is 0 Å². The maximum Gasteiger partial charge on any atom is 0.246 e. The highest BCUT2D eigenvalue weighted by molar-refractivity contribution is 7.99. The van der Waals surface area contributed by atoms with Gasteiger partial charge in [-0.15, -0.1) is 0 Å². The van der Waals surface area contributed by atoms with Crippen molar-refractivity contribution in [1.82, 2.24) is 19.2 Å². The first-order valence-corrected chi connectivity index (χ1v) is 12.1. The number of rotatable bonds is 6. The van der Waals surface area contributed by atoms with Crippen molar-refractivity contribution in [2.45, 2.75) is 10.1 Å². The molecule has 0 saturated carbocycles. The summed E-state index contributed by atoms with van der Waals surface area (Å²) in [6.45, 7) is 0.791. The monoisotopic (exact) mass is 460 g/mol. The lowest BCUT2D eigenvalue weighted by atomic mass is 10.2. The van der Waals surface area contributed by atoms with Gasteiger partial charge in [-0.05, 0) is 17.7 Å². The number of thioether (sulfide) groups is 1. The van der Waals surface area contributed by atoms with Crippen LogP contribution < -0.4 is 0 Å². The molecule has 7 nitrogen and oxygen atoms in total. The standard InChI is InChI=1S/C21H21FN4O3S2/c22-17-8-4-5-9-19(17)31(28,29)26-12-10-25(11-13-26)20(27)15-30-21-23-14-18(24-21)16-6-2-1-3-7-16/h1-9,14H,10-13,15H2,(H,23,24). The number of aromatic nitrogens is 2. The van der Waals surface area contributed by atoms with Crippen LogP contribution in [0.3, 0.4) is 0 Å². The average Bonchev–Trinajstić information content (AvgIpc) is 3.27. The van der Waals surface area contributed by atoms with Crippen molar-refractivity contribution in [1.29, 1.82) is 0 Å². The molecule has 1 aromatic heterocycles. The van der Waals surface area contributed by atoms with Crippen LogP contribution in [0.1, 0.15) is 0 Å². The lowest BCUT2D eigenvalue weighted by Crippen LogP contribution is -2.51. The van der Waals surface area contributed by atoms with Crippen LogP contribution in [0.2, 0.25) is 0 Å². The summed E-state index contributed by atoms with van der Waals surface area (Å²) in [4.78, 5) is 21.4. The molecule has 0 radical (unpaired) electrons. The third kappa shape index (κ3) is 4.81. The van der Waals surface area contributed by atoms with Crippen molar-refractivity contribution < 1.29 is 17.6 Å². The topological polar surface area (TPSA) is 86.4 Å². The van der Waals surface area contributed by atoms with Crippen molar-refractivity contribution in [2.24, 2.45) is 0 Å². The maximum absolute atomic E-state index is 13.9. The van der Waals surface area contributed by atoms with E-state index in [-0.39, 0.29) is 42.7 Å². The summed E-state index contributed by atoms with van der Waals surface area (Å²) in [5.41, 5.74) is 1.89. The predicted octanol–water partition coefficient (Wildman–Crippen LogP) is 2.84. The zero-order valence-electron chi connectivity index (χ0n) is 16.6. The van der Waals surface area contributed by atoms with Crippen molar-refractivity contribution in [3.05, 3.63) is 66.6 Å². The van der Waals surface area contributed by atoms with E-state index in [9.17, 15) is 17.6 Å². The Hall–Kier alpha value is -2.69. The van der Waals surface area contributed by atoms with Crippen LogP contribution in [0, 0.1) is 5.82 Å². The van der Waals surface area contributed by atoms with Crippen LogP contribution in [-0.2, 0) is 14.8 Å². The second-order valence-electron chi connectivity index (χ2n) is 6.97. The van der Waals surface area contributed by atoms with Gasteiger partial charge in [0.15, 0.2) is 5.16 Å². The van der Waals surface area contributed by atoms with Gasteiger partial charge in [0.25, 0.3) is 0 Å². The second kappa shape index (κ2) is 9.21. The number of carbonyl (C=O) groups is 1. The third-order valence-electron chi connectivity index (χ3n) is 5.02. The van der Waals surface area contributed by atoms with Crippen molar-refractivity contribution >= 4 is 27.7 Å². The number of amides is 1. The summed E-state index contributed by atoms with van der Waals surface area (Å²) in [6, 6.07) is 15.1. The molecule has 1 aliphatic heterocycles. The predicted molar refractivity (Wildman–Crippen MR) is 116 cm³/mol. The molecular formula is C21H21FN4O3S2. The van der Waals surface area contributed by atoms with E-state index in [1.807, 2.05) is 30.3 Å². The molecule has 2 aromatic carbocycles. The minimum Gasteiger partial charge on any atom is -0.339 e. The fourth-order valence-corrected chi connectivity index (χ4v) is 5.57. The number of piperazine rings is 1. The van der Waals surface area contributed by atoms with E-state index < -0.39 is 15.8 Å². The van der Waals surface area contributed by atoms with Gasteiger partial charge in [0.2, 0.25) is 15.9 Å². The average molecular weight is 461 g/mol. The van der Waals surface area contributed by atoms with Gasteiger partial charge < -0.3 is 9.88 Å². The number of hydrogen-bond acceptors (Lipinski definition) is 5. The molecule has 0 bridgehead atoms. The summed E-state index contributed by atoms with van der Waals surface area (Å²) in [7, 11) is -3.92. The lowest BCUT2D eigenvalue weighted by Gasteiger charge is -2.34. The SMILES string of the molecule is O=C(CSc1ncc(-c2ccccc2)[nH]1)N1CCN(S(=O)(=O)c2ccccc2F)CC1. The van der Waals surface area contributed by atoms with Gasteiger partial charge in [-0.1, -0.05) is 54.2 Å². The van der Waals surface area contributed by atoms with Crippen LogP contribution in [0.4, 0.5) is 4.39 Å². The number of nitrogens with zero attached hydrogens (tertiary/aromatic N) is 3. The second-order valence-corrected chi connectivity index (χ2v) is 9.84. The first-order valence-electron chi connectivity index (χ1n) is 9.71. The molecule has 1 aliphatic rings. The first kappa shape index (κ1) is 21.5. The number of nitrogens with one attached hydrogen (secondary N) is 1. The zero-order chi connectivity index (χ0) is 21.8. The van der Waals surface area contributed by atoms with Gasteiger partial charge in [0.1, 0.15) is 10.7 Å². The van der Waals surface area contributed by atoms with Crippen molar-refractivity contribution in [3.8, 4) is 11.3 Å². The maximum atomic E-state index is 13.9. The molecule has 1 fully saturated rings. The Balaban J connectivity index is 1.31. The number of halogens is 1. The molecule has 10 heteroatoms. The Labute approximate surface area is 184 Å². The number of imidazole rings is 1. The van der Waals surface area contributed by atoms with Crippen LogP contribution in [0.15, 0.2) is 70.8 Å². The Morgan fingerprint density at radius 2 is 1.71 bits per heavy atom.